The number of hydrogen-bond donors (Lipinski definition) is 2. The number of H-pyrrole nitrogens is 1. The van der Waals surface area contributed by atoms with Gasteiger partial charge in [-0.15, -0.1) is 0 Å². The van der Waals surface area contributed by atoms with Gasteiger partial charge >= 0.3 is 0 Å². The van der Waals surface area contributed by atoms with E-state index < -0.39 is 8.24 Å². The monoisotopic (exact) mass is 492 g/mol. The molecule has 5 heterocycles. The molecule has 35 heavy (non-hydrogen) atoms. The maximum Gasteiger partial charge on any atom is 0.284 e. The van der Waals surface area contributed by atoms with Gasteiger partial charge in [-0.1, -0.05) is 10.7 Å². The molecule has 0 saturated carbocycles. The summed E-state index contributed by atoms with van der Waals surface area (Å²) in [6, 6.07) is 7.10. The Hall–Kier alpha value is -3.28. The van der Waals surface area contributed by atoms with Crippen molar-refractivity contribution in [1.29, 1.82) is 0 Å². The topological polar surface area (TPSA) is 103 Å². The van der Waals surface area contributed by atoms with Crippen molar-refractivity contribution < 1.29 is 19.0 Å². The summed E-state index contributed by atoms with van der Waals surface area (Å²) in [5.41, 5.74) is 4.04. The van der Waals surface area contributed by atoms with Crippen LogP contribution < -0.4 is 10.00 Å². The number of hydrogen-bond acceptors (Lipinski definition) is 5. The van der Waals surface area contributed by atoms with E-state index in [1.807, 2.05) is 6.07 Å². The van der Waals surface area contributed by atoms with E-state index in [4.69, 9.17) is 9.47 Å². The Morgan fingerprint density at radius 3 is 2.97 bits per heavy atom. The van der Waals surface area contributed by atoms with E-state index in [0.29, 0.717) is 24.7 Å². The predicted molar refractivity (Wildman–Crippen MR) is 132 cm³/mol. The van der Waals surface area contributed by atoms with Gasteiger partial charge in [0.2, 0.25) is 14.4 Å². The molecule has 0 spiro atoms. The van der Waals surface area contributed by atoms with Crippen LogP contribution in [0.5, 0.6) is 0 Å². The first-order valence-corrected chi connectivity index (χ1v) is 15.3. The average molecular weight is 493 g/mol. The molecule has 1 unspecified atom stereocenters. The third-order valence-corrected chi connectivity index (χ3v) is 10.0. The number of benzene rings is 1. The fraction of sp³-hybridized carbons (Fsp3) is 0.417. The summed E-state index contributed by atoms with van der Waals surface area (Å²) in [6.45, 7) is 6.45. The summed E-state index contributed by atoms with van der Waals surface area (Å²) in [5.74, 6) is -0.279. The van der Waals surface area contributed by atoms with Gasteiger partial charge < -0.3 is 14.8 Å². The van der Waals surface area contributed by atoms with Crippen molar-refractivity contribution in [3.63, 3.8) is 0 Å². The van der Waals surface area contributed by atoms with E-state index >= 15 is 0 Å². The Bertz CT molecular complexity index is 1370. The van der Waals surface area contributed by atoms with E-state index in [2.05, 4.69) is 67.3 Å². The predicted octanol–water partition coefficient (Wildman–Crippen LogP) is 3.51. The van der Waals surface area contributed by atoms with Crippen molar-refractivity contribution in [3.8, 4) is 11.1 Å². The fourth-order valence-corrected chi connectivity index (χ4v) is 7.12. The lowest BCUT2D eigenvalue weighted by atomic mass is 10.1. The number of nitrogens with zero attached hydrogens (tertiary/aromatic N) is 5. The molecular weight excluding hydrogens is 462 g/mol. The first kappa shape index (κ1) is 22.2. The van der Waals surface area contributed by atoms with Gasteiger partial charge in [0.15, 0.2) is 5.69 Å². The van der Waals surface area contributed by atoms with Crippen molar-refractivity contribution in [2.45, 2.75) is 51.4 Å². The number of nitrogens with one attached hydrogen (secondary N) is 2. The van der Waals surface area contributed by atoms with Gasteiger partial charge in [0.1, 0.15) is 6.73 Å². The van der Waals surface area contributed by atoms with E-state index in [9.17, 15) is 4.79 Å². The highest BCUT2D eigenvalue weighted by Crippen LogP contribution is 2.29. The second-order valence-electron chi connectivity index (χ2n) is 9.88. The Morgan fingerprint density at radius 1 is 1.26 bits per heavy atom. The molecule has 1 atom stereocenters. The molecule has 4 bridgehead atoms. The molecule has 6 rings (SSSR count). The van der Waals surface area contributed by atoms with Crippen LogP contribution in [0.15, 0.2) is 43.0 Å². The minimum Gasteiger partial charge on any atom is -0.359 e. The number of amides is 1. The Morgan fingerprint density at radius 2 is 2.17 bits per heavy atom. The number of carbonyl (C=O) groups is 1. The van der Waals surface area contributed by atoms with Crippen LogP contribution in [0.3, 0.4) is 0 Å². The minimum absolute atomic E-state index is 0.0581. The largest absolute Gasteiger partial charge is 0.359 e. The van der Waals surface area contributed by atoms with E-state index in [0.717, 1.165) is 47.5 Å². The van der Waals surface area contributed by atoms with Gasteiger partial charge in [-0.05, 0) is 49.7 Å². The smallest absolute Gasteiger partial charge is 0.284 e. The van der Waals surface area contributed by atoms with Gasteiger partial charge in [0.25, 0.3) is 12.1 Å². The van der Waals surface area contributed by atoms with Crippen molar-refractivity contribution in [2.75, 3.05) is 18.5 Å². The second kappa shape index (κ2) is 8.74. The van der Waals surface area contributed by atoms with Gasteiger partial charge in [0.05, 0.1) is 35.8 Å². The molecule has 1 amide bonds. The molecule has 0 aliphatic carbocycles. The van der Waals surface area contributed by atoms with Crippen molar-refractivity contribution in [3.05, 3.63) is 48.7 Å². The molecule has 3 aromatic heterocycles. The van der Waals surface area contributed by atoms with Gasteiger partial charge in [0, 0.05) is 24.6 Å². The SMILES string of the molecule is C[Si]1(C)CCOCn2nc(C(=O)Nc3cn[nH]c3)c3ccc(cc32)-c2cn1[n+](C1CCCCO1)c2. The molecule has 2 N–H and O–H groups in total. The van der Waals surface area contributed by atoms with E-state index in [-0.39, 0.29) is 12.1 Å². The fourth-order valence-electron chi connectivity index (χ4n) is 4.94. The van der Waals surface area contributed by atoms with Crippen molar-refractivity contribution in [1.82, 2.24) is 24.3 Å². The first-order chi connectivity index (χ1) is 17.0. The highest BCUT2D eigenvalue weighted by molar-refractivity contribution is 6.75. The number of rotatable bonds is 3. The maximum atomic E-state index is 13.0. The zero-order valence-electron chi connectivity index (χ0n) is 20.0. The number of anilines is 1. The molecule has 2 aliphatic heterocycles. The summed E-state index contributed by atoms with van der Waals surface area (Å²) in [4.78, 5) is 13.0. The van der Waals surface area contributed by atoms with Crippen molar-refractivity contribution >= 4 is 30.7 Å². The van der Waals surface area contributed by atoms with E-state index in [1.165, 1.54) is 6.42 Å². The third kappa shape index (κ3) is 4.09. The normalized spacial score (nSPS) is 19.9. The Labute approximate surface area is 203 Å². The number of aromatic amines is 1. The molecule has 0 radical (unpaired) electrons. The molecule has 4 aromatic rings. The average Bonchev–Trinajstić information content (AvgIpc) is 3.60. The molecule has 10 nitrogen and oxygen atoms in total. The van der Waals surface area contributed by atoms with Gasteiger partial charge in [-0.25, -0.2) is 4.68 Å². The number of aromatic nitrogens is 6. The summed E-state index contributed by atoms with van der Waals surface area (Å²) >= 11 is 0. The quantitative estimate of drug-likeness (QED) is 0.337. The summed E-state index contributed by atoms with van der Waals surface area (Å²) in [6.07, 6.45) is 11.1. The van der Waals surface area contributed by atoms with Gasteiger partial charge in [-0.2, -0.15) is 14.5 Å². The lowest BCUT2D eigenvalue weighted by Crippen LogP contribution is -2.58. The Balaban J connectivity index is 1.44. The minimum atomic E-state index is -1.88. The lowest BCUT2D eigenvalue weighted by Gasteiger charge is -2.25. The van der Waals surface area contributed by atoms with Crippen LogP contribution >= 0.6 is 0 Å². The standard InChI is InChI=1S/C24H29N7O3Si/c1-35(2)10-9-33-16-29-21-11-17(18-14-30(31(35)15-18)22-5-3-4-8-34-22)6-7-20(21)23(28-29)24(32)27-19-12-25-26-13-19/h6-7,11-15,22H,3-5,8-10,16H2,1-2H3,(H-,25,26,27,28,32)/p+1. The summed E-state index contributed by atoms with van der Waals surface area (Å²) in [5, 5.41) is 14.9. The second-order valence-corrected chi connectivity index (χ2v) is 14.5. The third-order valence-electron chi connectivity index (χ3n) is 6.98. The zero-order valence-corrected chi connectivity index (χ0v) is 21.0. The summed E-state index contributed by atoms with van der Waals surface area (Å²) < 4.78 is 18.8. The van der Waals surface area contributed by atoms with Crippen LogP contribution in [-0.4, -0.2) is 51.7 Å². The molecule has 182 valence electrons. The molecular formula is C24H30N7O3Si+. The van der Waals surface area contributed by atoms with E-state index in [1.54, 1.807) is 17.1 Å². The lowest BCUT2D eigenvalue weighted by molar-refractivity contribution is -0.821. The van der Waals surface area contributed by atoms with Crippen LogP contribution in [0.25, 0.3) is 22.0 Å². The van der Waals surface area contributed by atoms with Crippen LogP contribution in [0, 0.1) is 0 Å². The zero-order chi connectivity index (χ0) is 24.0. The van der Waals surface area contributed by atoms with Crippen LogP contribution in [0.4, 0.5) is 5.69 Å². The van der Waals surface area contributed by atoms with Gasteiger partial charge in [-0.3, -0.25) is 9.89 Å². The number of fused-ring (bicyclic) bond motifs is 4. The highest BCUT2D eigenvalue weighted by Gasteiger charge is 2.37. The summed E-state index contributed by atoms with van der Waals surface area (Å²) in [7, 11) is -1.88. The molecule has 2 aliphatic rings. The van der Waals surface area contributed by atoms with Crippen LogP contribution in [0.2, 0.25) is 19.1 Å². The number of carbonyl (C=O) groups excluding carboxylic acids is 1. The molecule has 1 fully saturated rings. The first-order valence-electron chi connectivity index (χ1n) is 12.1. The Kier molecular flexibility index (Phi) is 5.54. The molecule has 11 heteroatoms. The van der Waals surface area contributed by atoms with Crippen LogP contribution in [0.1, 0.15) is 36.0 Å². The molecule has 1 saturated heterocycles. The highest BCUT2D eigenvalue weighted by atomic mass is 28.3. The van der Waals surface area contributed by atoms with Crippen LogP contribution in [-0.2, 0) is 16.2 Å². The number of ether oxygens (including phenoxy) is 2. The van der Waals surface area contributed by atoms with Crippen molar-refractivity contribution in [2.24, 2.45) is 0 Å². The maximum absolute atomic E-state index is 13.0. The molecule has 1 aromatic carbocycles.